The summed E-state index contributed by atoms with van der Waals surface area (Å²) < 4.78 is 10.3. The van der Waals surface area contributed by atoms with Crippen molar-refractivity contribution < 1.29 is 9.32 Å². The van der Waals surface area contributed by atoms with Crippen LogP contribution in [0.25, 0.3) is 0 Å². The molecule has 0 bridgehead atoms. The second-order valence-corrected chi connectivity index (χ2v) is 3.81. The molecule has 0 amide bonds. The van der Waals surface area contributed by atoms with Gasteiger partial charge < -0.3 is 5.11 Å². The molecule has 0 saturated carbocycles. The minimum absolute atomic E-state index is 0.132. The number of aliphatic hydroxyl groups excluding tert-OH is 1. The Hall–Kier alpha value is -0.190. The van der Waals surface area contributed by atoms with Crippen LogP contribution in [0.4, 0.5) is 0 Å². The van der Waals surface area contributed by atoms with Gasteiger partial charge in [0.15, 0.2) is 0 Å². The summed E-state index contributed by atoms with van der Waals surface area (Å²) in [6.07, 6.45) is 0. The van der Waals surface area contributed by atoms with Gasteiger partial charge in [-0.05, 0) is 20.8 Å². The standard InChI is InChI=1S/C7H15NO2S/c1-5-8(6(9)11-10)7(2,3)4/h9H,5H2,1-4H3. The molecule has 11 heavy (non-hydrogen) atoms. The summed E-state index contributed by atoms with van der Waals surface area (Å²) in [5.41, 5.74) is -0.184. The van der Waals surface area contributed by atoms with E-state index in [1.807, 2.05) is 27.7 Å². The van der Waals surface area contributed by atoms with Gasteiger partial charge in [-0.25, -0.2) is 9.11 Å². The van der Waals surface area contributed by atoms with E-state index in [9.17, 15) is 4.21 Å². The number of nitrogens with zero attached hydrogens (tertiary/aromatic N) is 1. The van der Waals surface area contributed by atoms with Gasteiger partial charge in [0.2, 0.25) is 5.17 Å². The SMILES string of the molecule is CCN(C(O)=S=O)C(C)(C)C. The Labute approximate surface area is 71.1 Å². The van der Waals surface area contributed by atoms with Gasteiger partial charge in [-0.15, -0.1) is 0 Å². The molecule has 0 rings (SSSR count). The molecular weight excluding hydrogens is 162 g/mol. The summed E-state index contributed by atoms with van der Waals surface area (Å²) in [6.45, 7) is 8.39. The van der Waals surface area contributed by atoms with Crippen molar-refractivity contribution in [2.75, 3.05) is 6.54 Å². The van der Waals surface area contributed by atoms with Gasteiger partial charge in [-0.3, -0.25) is 0 Å². The monoisotopic (exact) mass is 177 g/mol. The van der Waals surface area contributed by atoms with Crippen LogP contribution in [0.1, 0.15) is 27.7 Å². The first-order valence-electron chi connectivity index (χ1n) is 3.56. The number of hydrogen-bond donors (Lipinski definition) is 1. The highest BCUT2D eigenvalue weighted by molar-refractivity contribution is 7.65. The van der Waals surface area contributed by atoms with Crippen molar-refractivity contribution in [3.63, 3.8) is 0 Å². The third-order valence-electron chi connectivity index (χ3n) is 1.43. The average molecular weight is 177 g/mol. The Balaban J connectivity index is 4.55. The van der Waals surface area contributed by atoms with Crippen molar-refractivity contribution >= 4 is 16.4 Å². The number of aliphatic hydroxyl groups is 1. The Kier molecular flexibility index (Phi) is 3.92. The molecule has 0 spiro atoms. The summed E-state index contributed by atoms with van der Waals surface area (Å²) in [6, 6.07) is 0. The maximum Gasteiger partial charge on any atom is 0.217 e. The van der Waals surface area contributed by atoms with Crippen molar-refractivity contribution in [3.8, 4) is 0 Å². The largest absolute Gasteiger partial charge is 0.340 e. The third-order valence-corrected chi connectivity index (χ3v) is 1.80. The molecule has 0 aliphatic carbocycles. The molecule has 4 heteroatoms. The van der Waals surface area contributed by atoms with E-state index in [0.717, 1.165) is 0 Å². The van der Waals surface area contributed by atoms with Gasteiger partial charge in [0.25, 0.3) is 0 Å². The third kappa shape index (κ3) is 3.14. The lowest BCUT2D eigenvalue weighted by Crippen LogP contribution is -2.45. The second-order valence-electron chi connectivity index (χ2n) is 3.28. The van der Waals surface area contributed by atoms with Crippen LogP contribution in [-0.4, -0.2) is 31.5 Å². The molecule has 0 aromatic heterocycles. The van der Waals surface area contributed by atoms with Crippen LogP contribution in [0.3, 0.4) is 0 Å². The molecule has 3 nitrogen and oxygen atoms in total. The first-order valence-corrected chi connectivity index (χ1v) is 4.31. The zero-order valence-corrected chi connectivity index (χ0v) is 8.23. The second kappa shape index (κ2) is 3.99. The molecule has 0 aromatic rings. The molecule has 66 valence electrons. The summed E-state index contributed by atoms with van der Waals surface area (Å²) in [5.74, 6) is 0. The van der Waals surface area contributed by atoms with Gasteiger partial charge in [0.1, 0.15) is 11.3 Å². The molecule has 0 saturated heterocycles. The van der Waals surface area contributed by atoms with Crippen LogP contribution in [0.2, 0.25) is 0 Å². The zero-order chi connectivity index (χ0) is 9.07. The normalized spacial score (nSPS) is 11.8. The summed E-state index contributed by atoms with van der Waals surface area (Å²) in [4.78, 5) is 1.66. The topological polar surface area (TPSA) is 40.5 Å². The van der Waals surface area contributed by atoms with Crippen molar-refractivity contribution in [2.45, 2.75) is 33.2 Å². The van der Waals surface area contributed by atoms with Gasteiger partial charge in [-0.1, -0.05) is 6.92 Å². The van der Waals surface area contributed by atoms with Gasteiger partial charge in [0, 0.05) is 12.1 Å². The Morgan fingerprint density at radius 2 is 2.00 bits per heavy atom. The van der Waals surface area contributed by atoms with Crippen LogP contribution in [0, 0.1) is 0 Å². The van der Waals surface area contributed by atoms with Crippen LogP contribution in [0.15, 0.2) is 0 Å². The van der Waals surface area contributed by atoms with E-state index in [1.54, 1.807) is 4.90 Å². The van der Waals surface area contributed by atoms with Crippen LogP contribution < -0.4 is 0 Å². The highest BCUT2D eigenvalue weighted by Crippen LogP contribution is 2.11. The van der Waals surface area contributed by atoms with E-state index in [0.29, 0.717) is 6.54 Å². The van der Waals surface area contributed by atoms with E-state index in [-0.39, 0.29) is 22.0 Å². The first-order chi connectivity index (χ1) is 4.93. The maximum atomic E-state index is 10.3. The Bertz CT molecular complexity index is 179. The minimum atomic E-state index is -0.184. The van der Waals surface area contributed by atoms with Gasteiger partial charge in [-0.2, -0.15) is 0 Å². The fourth-order valence-electron chi connectivity index (χ4n) is 0.942. The lowest BCUT2D eigenvalue weighted by molar-refractivity contribution is 0.214. The van der Waals surface area contributed by atoms with Crippen molar-refractivity contribution in [1.82, 2.24) is 4.90 Å². The van der Waals surface area contributed by atoms with E-state index in [2.05, 4.69) is 0 Å². The smallest absolute Gasteiger partial charge is 0.217 e. The van der Waals surface area contributed by atoms with Crippen LogP contribution >= 0.6 is 0 Å². The summed E-state index contributed by atoms with van der Waals surface area (Å²) in [7, 11) is 0. The highest BCUT2D eigenvalue weighted by atomic mass is 32.1. The molecule has 0 unspecified atom stereocenters. The highest BCUT2D eigenvalue weighted by Gasteiger charge is 2.22. The molecule has 0 radical (unpaired) electrons. The molecular formula is C7H15NO2S. The average Bonchev–Trinajstić information content (AvgIpc) is 1.86. The molecule has 1 N–H and O–H groups in total. The van der Waals surface area contributed by atoms with Crippen molar-refractivity contribution in [2.24, 2.45) is 0 Å². The molecule has 0 heterocycles. The van der Waals surface area contributed by atoms with E-state index >= 15 is 0 Å². The molecule has 0 atom stereocenters. The van der Waals surface area contributed by atoms with Crippen LogP contribution in [-0.2, 0) is 11.3 Å². The lowest BCUT2D eigenvalue weighted by Gasteiger charge is -2.31. The quantitative estimate of drug-likeness (QED) is 0.607. The first kappa shape index (κ1) is 10.8. The molecule has 0 aromatic carbocycles. The Morgan fingerprint density at radius 1 is 1.55 bits per heavy atom. The predicted octanol–water partition coefficient (Wildman–Crippen LogP) is 0.965. The van der Waals surface area contributed by atoms with Crippen molar-refractivity contribution in [1.29, 1.82) is 0 Å². The van der Waals surface area contributed by atoms with Crippen LogP contribution in [0.5, 0.6) is 0 Å². The predicted molar refractivity (Wildman–Crippen MR) is 47.9 cm³/mol. The summed E-state index contributed by atoms with van der Waals surface area (Å²) in [5, 5.41) is 8.99. The fourth-order valence-corrected chi connectivity index (χ4v) is 1.43. The fraction of sp³-hybridized carbons (Fsp3) is 0.857. The van der Waals surface area contributed by atoms with E-state index in [1.165, 1.54) is 0 Å². The molecule has 0 fully saturated rings. The molecule has 0 aliphatic heterocycles. The van der Waals surface area contributed by atoms with Crippen molar-refractivity contribution in [3.05, 3.63) is 0 Å². The van der Waals surface area contributed by atoms with Gasteiger partial charge in [0.05, 0.1) is 0 Å². The maximum absolute atomic E-state index is 10.3. The molecule has 0 aliphatic rings. The zero-order valence-electron chi connectivity index (χ0n) is 7.42. The number of rotatable bonds is 1. The summed E-state index contributed by atoms with van der Waals surface area (Å²) >= 11 is 0.132. The van der Waals surface area contributed by atoms with E-state index < -0.39 is 0 Å². The number of hydrogen-bond acceptors (Lipinski definition) is 1. The van der Waals surface area contributed by atoms with E-state index in [4.69, 9.17) is 5.11 Å². The lowest BCUT2D eigenvalue weighted by atomic mass is 10.1. The van der Waals surface area contributed by atoms with Gasteiger partial charge >= 0.3 is 0 Å². The Morgan fingerprint density at radius 3 is 2.09 bits per heavy atom. The minimum Gasteiger partial charge on any atom is -0.340 e.